The van der Waals surface area contributed by atoms with Crippen molar-refractivity contribution in [3.8, 4) is 0 Å². The predicted molar refractivity (Wildman–Crippen MR) is 104 cm³/mol. The van der Waals surface area contributed by atoms with E-state index in [1.807, 2.05) is 0 Å². The average Bonchev–Trinajstić information content (AvgIpc) is 3.35. The Hall–Kier alpha value is -0.960. The summed E-state index contributed by atoms with van der Waals surface area (Å²) in [6.07, 6.45) is 4.72. The van der Waals surface area contributed by atoms with Crippen molar-refractivity contribution < 1.29 is 13.2 Å². The molecule has 3 rings (SSSR count). The molecule has 1 aromatic rings. The van der Waals surface area contributed by atoms with Crippen LogP contribution in [0, 0.1) is 5.92 Å². The Morgan fingerprint density at radius 3 is 2.58 bits per heavy atom. The van der Waals surface area contributed by atoms with E-state index in [2.05, 4.69) is 17.1 Å². The summed E-state index contributed by atoms with van der Waals surface area (Å²) in [5.74, 6) is -0.00123. The summed E-state index contributed by atoms with van der Waals surface area (Å²) in [6, 6.07) is 3.90. The molecule has 1 N–H and O–H groups in total. The van der Waals surface area contributed by atoms with Gasteiger partial charge >= 0.3 is 0 Å². The van der Waals surface area contributed by atoms with Crippen LogP contribution in [-0.2, 0) is 14.8 Å². The smallest absolute Gasteiger partial charge is 0.252 e. The molecule has 8 heteroatoms. The summed E-state index contributed by atoms with van der Waals surface area (Å²) in [4.78, 5) is 14.9. The Balaban J connectivity index is 1.41. The minimum Gasteiger partial charge on any atom is -0.356 e. The fourth-order valence-corrected chi connectivity index (χ4v) is 6.42. The van der Waals surface area contributed by atoms with E-state index < -0.39 is 10.0 Å². The highest BCUT2D eigenvalue weighted by Crippen LogP contribution is 2.26. The average molecular weight is 400 g/mol. The predicted octanol–water partition coefficient (Wildman–Crippen LogP) is 2.14. The van der Waals surface area contributed by atoms with Crippen LogP contribution in [0.5, 0.6) is 0 Å². The molecule has 2 saturated heterocycles. The number of carbonyl (C=O) groups is 1. The lowest BCUT2D eigenvalue weighted by Gasteiger charge is -2.30. The summed E-state index contributed by atoms with van der Waals surface area (Å²) in [5, 5.41) is 4.83. The molecule has 1 aromatic heterocycles. The summed E-state index contributed by atoms with van der Waals surface area (Å²) in [7, 11) is -3.39. The topological polar surface area (TPSA) is 69.7 Å². The van der Waals surface area contributed by atoms with E-state index in [9.17, 15) is 13.2 Å². The van der Waals surface area contributed by atoms with Crippen LogP contribution < -0.4 is 5.32 Å². The minimum absolute atomic E-state index is 0.0757. The van der Waals surface area contributed by atoms with Gasteiger partial charge in [-0.25, -0.2) is 8.42 Å². The monoisotopic (exact) mass is 399 g/mol. The molecule has 146 valence electrons. The second-order valence-corrected chi connectivity index (χ2v) is 10.4. The van der Waals surface area contributed by atoms with Gasteiger partial charge < -0.3 is 10.2 Å². The molecule has 1 atom stereocenters. The molecule has 0 spiro atoms. The molecule has 1 amide bonds. The molecule has 6 nitrogen and oxygen atoms in total. The Morgan fingerprint density at radius 1 is 1.27 bits per heavy atom. The molecule has 2 aliphatic heterocycles. The van der Waals surface area contributed by atoms with Crippen LogP contribution in [0.15, 0.2) is 21.7 Å². The van der Waals surface area contributed by atoms with Crippen LogP contribution in [0.2, 0.25) is 0 Å². The van der Waals surface area contributed by atoms with Crippen LogP contribution in [0.1, 0.15) is 39.0 Å². The van der Waals surface area contributed by atoms with Gasteiger partial charge in [0.25, 0.3) is 10.0 Å². The maximum Gasteiger partial charge on any atom is 0.252 e. The van der Waals surface area contributed by atoms with Gasteiger partial charge in [-0.2, -0.15) is 4.31 Å². The number of thiophene rings is 1. The number of piperidine rings is 1. The maximum absolute atomic E-state index is 12.5. The van der Waals surface area contributed by atoms with Crippen molar-refractivity contribution in [2.45, 2.75) is 49.3 Å². The van der Waals surface area contributed by atoms with Crippen molar-refractivity contribution >= 4 is 27.3 Å². The first-order valence-electron chi connectivity index (χ1n) is 9.54. The summed E-state index contributed by atoms with van der Waals surface area (Å²) >= 11 is 1.24. The highest BCUT2D eigenvalue weighted by molar-refractivity contribution is 7.91. The molecule has 0 radical (unpaired) electrons. The van der Waals surface area contributed by atoms with Crippen LogP contribution >= 0.6 is 11.3 Å². The number of carbonyl (C=O) groups excluding carboxylic acids is 1. The van der Waals surface area contributed by atoms with Gasteiger partial charge in [0.15, 0.2) is 0 Å². The van der Waals surface area contributed by atoms with E-state index in [-0.39, 0.29) is 11.8 Å². The van der Waals surface area contributed by atoms with Crippen LogP contribution in [0.25, 0.3) is 0 Å². The van der Waals surface area contributed by atoms with Gasteiger partial charge in [0.05, 0.1) is 0 Å². The zero-order chi connectivity index (χ0) is 18.6. The van der Waals surface area contributed by atoms with Crippen molar-refractivity contribution in [3.05, 3.63) is 17.5 Å². The molecule has 2 fully saturated rings. The first kappa shape index (κ1) is 19.8. The Kier molecular flexibility index (Phi) is 6.71. The highest BCUT2D eigenvalue weighted by atomic mass is 32.2. The largest absolute Gasteiger partial charge is 0.356 e. The molecule has 26 heavy (non-hydrogen) atoms. The summed E-state index contributed by atoms with van der Waals surface area (Å²) < 4.78 is 27.0. The van der Waals surface area contributed by atoms with Gasteiger partial charge in [0.2, 0.25) is 5.91 Å². The third-order valence-corrected chi connectivity index (χ3v) is 8.81. The van der Waals surface area contributed by atoms with Crippen LogP contribution in [0.3, 0.4) is 0 Å². The van der Waals surface area contributed by atoms with Gasteiger partial charge in [-0.15, -0.1) is 11.3 Å². The third-order valence-electron chi connectivity index (χ3n) is 5.54. The first-order chi connectivity index (χ1) is 12.5. The number of sulfonamides is 1. The number of hydrogen-bond acceptors (Lipinski definition) is 5. The first-order valence-corrected chi connectivity index (χ1v) is 11.9. The van der Waals surface area contributed by atoms with Crippen molar-refractivity contribution in [2.24, 2.45) is 5.92 Å². The highest BCUT2D eigenvalue weighted by Gasteiger charge is 2.32. The van der Waals surface area contributed by atoms with E-state index in [0.29, 0.717) is 42.7 Å². The van der Waals surface area contributed by atoms with Gasteiger partial charge in [-0.1, -0.05) is 6.07 Å². The van der Waals surface area contributed by atoms with E-state index >= 15 is 0 Å². The third kappa shape index (κ3) is 4.65. The number of nitrogens with zero attached hydrogens (tertiary/aromatic N) is 2. The van der Waals surface area contributed by atoms with E-state index in [4.69, 9.17) is 0 Å². The van der Waals surface area contributed by atoms with E-state index in [1.165, 1.54) is 41.6 Å². The fraction of sp³-hybridized carbons (Fsp3) is 0.722. The van der Waals surface area contributed by atoms with Crippen molar-refractivity contribution in [3.63, 3.8) is 0 Å². The minimum atomic E-state index is -3.39. The summed E-state index contributed by atoms with van der Waals surface area (Å²) in [6.45, 7) is 6.11. The standard InChI is InChI=1S/C18H29N3O3S2/c1-15(20-10-2-3-11-20)6-9-19-18(22)16-7-12-21(13-8-16)26(23,24)17-5-4-14-25-17/h4-5,14-16H,2-3,6-13H2,1H3,(H,19,22). The number of nitrogens with one attached hydrogen (secondary N) is 1. The van der Waals surface area contributed by atoms with Crippen molar-refractivity contribution in [1.29, 1.82) is 0 Å². The molecular formula is C18H29N3O3S2. The Bertz CT molecular complexity index is 677. The second-order valence-electron chi connectivity index (χ2n) is 7.28. The van der Waals surface area contributed by atoms with Gasteiger partial charge in [0.1, 0.15) is 4.21 Å². The lowest BCUT2D eigenvalue weighted by atomic mass is 9.97. The molecule has 0 aliphatic carbocycles. The lowest BCUT2D eigenvalue weighted by molar-refractivity contribution is -0.126. The van der Waals surface area contributed by atoms with Crippen molar-refractivity contribution in [1.82, 2.24) is 14.5 Å². The lowest BCUT2D eigenvalue weighted by Crippen LogP contribution is -2.43. The number of likely N-dealkylation sites (tertiary alicyclic amines) is 1. The molecule has 0 aromatic carbocycles. The van der Waals surface area contributed by atoms with Gasteiger partial charge in [-0.05, 0) is 63.6 Å². The Morgan fingerprint density at radius 2 is 1.96 bits per heavy atom. The molecule has 0 bridgehead atoms. The zero-order valence-corrected chi connectivity index (χ0v) is 17.0. The van der Waals surface area contributed by atoms with Gasteiger partial charge in [-0.3, -0.25) is 4.79 Å². The van der Waals surface area contributed by atoms with E-state index in [1.54, 1.807) is 17.5 Å². The van der Waals surface area contributed by atoms with E-state index in [0.717, 1.165) is 6.42 Å². The quantitative estimate of drug-likeness (QED) is 0.763. The molecule has 1 unspecified atom stereocenters. The van der Waals surface area contributed by atoms with Crippen LogP contribution in [-0.4, -0.2) is 62.3 Å². The molecule has 2 aliphatic rings. The maximum atomic E-state index is 12.5. The SMILES string of the molecule is CC(CCNC(=O)C1CCN(S(=O)(=O)c2cccs2)CC1)N1CCCC1. The second kappa shape index (κ2) is 8.82. The Labute approximate surface area is 160 Å². The van der Waals surface area contributed by atoms with Gasteiger partial charge in [0, 0.05) is 31.6 Å². The normalized spacial score (nSPS) is 21.7. The number of hydrogen-bond donors (Lipinski definition) is 1. The number of amides is 1. The molecule has 0 saturated carbocycles. The van der Waals surface area contributed by atoms with Crippen molar-refractivity contribution in [2.75, 3.05) is 32.7 Å². The summed E-state index contributed by atoms with van der Waals surface area (Å²) in [5.41, 5.74) is 0. The number of rotatable bonds is 7. The molecular weight excluding hydrogens is 370 g/mol. The fourth-order valence-electron chi connectivity index (χ4n) is 3.81. The molecule has 3 heterocycles. The van der Waals surface area contributed by atoms with Crippen LogP contribution in [0.4, 0.5) is 0 Å². The zero-order valence-electron chi connectivity index (χ0n) is 15.4.